The van der Waals surface area contributed by atoms with Crippen molar-refractivity contribution < 1.29 is 9.18 Å². The van der Waals surface area contributed by atoms with E-state index < -0.39 is 6.17 Å². The molecule has 1 amide bonds. The van der Waals surface area contributed by atoms with E-state index in [1.165, 1.54) is 18.3 Å². The Kier molecular flexibility index (Phi) is 4.77. The number of anilines is 2. The molecule has 1 aliphatic heterocycles. The van der Waals surface area contributed by atoms with Gasteiger partial charge in [0.25, 0.3) is 5.91 Å². The first-order chi connectivity index (χ1) is 13.4. The molecule has 3 heterocycles. The number of aromatic nitrogens is 2. The van der Waals surface area contributed by atoms with Gasteiger partial charge in [0.05, 0.1) is 17.4 Å². The summed E-state index contributed by atoms with van der Waals surface area (Å²) in [7, 11) is 0. The lowest BCUT2D eigenvalue weighted by Gasteiger charge is -2.20. The SMILES string of the molecule is Cc1cc(=O)[nH]c2ccc(NC(=O)c3cc(Cl)ncc3N3CCC(F)C3)cc12. The van der Waals surface area contributed by atoms with Crippen LogP contribution in [0.3, 0.4) is 0 Å². The van der Waals surface area contributed by atoms with Gasteiger partial charge in [-0.25, -0.2) is 9.37 Å². The van der Waals surface area contributed by atoms with E-state index >= 15 is 0 Å². The summed E-state index contributed by atoms with van der Waals surface area (Å²) in [5.74, 6) is -0.358. The van der Waals surface area contributed by atoms with Gasteiger partial charge in [-0.15, -0.1) is 0 Å². The van der Waals surface area contributed by atoms with Gasteiger partial charge in [-0.2, -0.15) is 0 Å². The first-order valence-corrected chi connectivity index (χ1v) is 9.28. The number of hydrogen-bond donors (Lipinski definition) is 2. The zero-order valence-corrected chi connectivity index (χ0v) is 15.9. The van der Waals surface area contributed by atoms with Crippen molar-refractivity contribution in [1.82, 2.24) is 9.97 Å². The second-order valence-electron chi connectivity index (χ2n) is 6.89. The summed E-state index contributed by atoms with van der Waals surface area (Å²) < 4.78 is 13.6. The Morgan fingerprint density at radius 3 is 2.93 bits per heavy atom. The Morgan fingerprint density at radius 2 is 2.18 bits per heavy atom. The van der Waals surface area contributed by atoms with Crippen molar-refractivity contribution in [2.24, 2.45) is 0 Å². The van der Waals surface area contributed by atoms with Crippen LogP contribution in [0.2, 0.25) is 5.15 Å². The number of pyridine rings is 2. The molecule has 0 bridgehead atoms. The number of rotatable bonds is 3. The second kappa shape index (κ2) is 7.24. The highest BCUT2D eigenvalue weighted by Gasteiger charge is 2.26. The number of alkyl halides is 1. The molecule has 0 spiro atoms. The molecule has 4 rings (SSSR count). The van der Waals surface area contributed by atoms with Crippen LogP contribution in [0.1, 0.15) is 22.3 Å². The third kappa shape index (κ3) is 3.57. The fraction of sp³-hybridized carbons (Fsp3) is 0.250. The molecule has 1 aromatic carbocycles. The zero-order chi connectivity index (χ0) is 19.8. The van der Waals surface area contributed by atoms with Gasteiger partial charge in [-0.05, 0) is 43.2 Å². The Morgan fingerprint density at radius 1 is 1.36 bits per heavy atom. The first-order valence-electron chi connectivity index (χ1n) is 8.90. The molecule has 8 heteroatoms. The third-order valence-electron chi connectivity index (χ3n) is 4.87. The lowest BCUT2D eigenvalue weighted by Crippen LogP contribution is -2.24. The third-order valence-corrected chi connectivity index (χ3v) is 5.08. The zero-order valence-electron chi connectivity index (χ0n) is 15.1. The molecular weight excluding hydrogens is 383 g/mol. The predicted molar refractivity (Wildman–Crippen MR) is 108 cm³/mol. The van der Waals surface area contributed by atoms with Crippen LogP contribution in [0.5, 0.6) is 0 Å². The van der Waals surface area contributed by atoms with Crippen LogP contribution < -0.4 is 15.8 Å². The summed E-state index contributed by atoms with van der Waals surface area (Å²) >= 11 is 6.00. The largest absolute Gasteiger partial charge is 0.367 e. The minimum Gasteiger partial charge on any atom is -0.367 e. The molecule has 6 nitrogen and oxygen atoms in total. The van der Waals surface area contributed by atoms with Crippen molar-refractivity contribution in [2.75, 3.05) is 23.3 Å². The number of aromatic amines is 1. The van der Waals surface area contributed by atoms with Gasteiger partial charge < -0.3 is 15.2 Å². The molecule has 1 fully saturated rings. The van der Waals surface area contributed by atoms with E-state index in [9.17, 15) is 14.0 Å². The Labute approximate surface area is 165 Å². The van der Waals surface area contributed by atoms with Gasteiger partial charge in [0.1, 0.15) is 11.3 Å². The van der Waals surface area contributed by atoms with E-state index in [4.69, 9.17) is 11.6 Å². The molecule has 1 aliphatic rings. The summed E-state index contributed by atoms with van der Waals surface area (Å²) in [6, 6.07) is 8.25. The van der Waals surface area contributed by atoms with Gasteiger partial charge in [0, 0.05) is 35.7 Å². The number of carbonyl (C=O) groups is 1. The summed E-state index contributed by atoms with van der Waals surface area (Å²) in [6.07, 6.45) is 1.01. The molecule has 28 heavy (non-hydrogen) atoms. The second-order valence-corrected chi connectivity index (χ2v) is 7.27. The van der Waals surface area contributed by atoms with Crippen LogP contribution in [0, 0.1) is 6.92 Å². The molecule has 1 atom stereocenters. The van der Waals surface area contributed by atoms with Crippen LogP contribution in [0.15, 0.2) is 41.3 Å². The summed E-state index contributed by atoms with van der Waals surface area (Å²) in [6.45, 7) is 2.59. The quantitative estimate of drug-likeness (QED) is 0.657. The number of hydrogen-bond acceptors (Lipinski definition) is 4. The van der Waals surface area contributed by atoms with Crippen LogP contribution in [-0.2, 0) is 0 Å². The normalized spacial score (nSPS) is 16.5. The minimum atomic E-state index is -0.919. The first kappa shape index (κ1) is 18.4. The maximum absolute atomic E-state index is 13.6. The molecule has 2 aromatic heterocycles. The number of aryl methyl sites for hydroxylation is 1. The average Bonchev–Trinajstić information content (AvgIpc) is 3.08. The number of amides is 1. The van der Waals surface area contributed by atoms with Crippen LogP contribution in [0.4, 0.5) is 15.8 Å². The minimum absolute atomic E-state index is 0.172. The average molecular weight is 401 g/mol. The van der Waals surface area contributed by atoms with Gasteiger partial charge in [-0.1, -0.05) is 11.6 Å². The van der Waals surface area contributed by atoms with E-state index in [2.05, 4.69) is 15.3 Å². The Bertz CT molecular complexity index is 1130. The van der Waals surface area contributed by atoms with Gasteiger partial charge in [-0.3, -0.25) is 9.59 Å². The summed E-state index contributed by atoms with van der Waals surface area (Å²) in [4.78, 5) is 33.1. The number of halogens is 2. The monoisotopic (exact) mass is 400 g/mol. The molecule has 3 aromatic rings. The fourth-order valence-electron chi connectivity index (χ4n) is 3.49. The number of benzene rings is 1. The molecule has 0 saturated carbocycles. The topological polar surface area (TPSA) is 78.1 Å². The van der Waals surface area contributed by atoms with Gasteiger partial charge in [0.2, 0.25) is 5.56 Å². The van der Waals surface area contributed by atoms with Crippen molar-refractivity contribution >= 4 is 39.8 Å². The highest BCUT2D eigenvalue weighted by atomic mass is 35.5. The highest BCUT2D eigenvalue weighted by Crippen LogP contribution is 2.28. The predicted octanol–water partition coefficient (Wildman–Crippen LogP) is 3.69. The molecule has 144 valence electrons. The lowest BCUT2D eigenvalue weighted by molar-refractivity contribution is 0.102. The van der Waals surface area contributed by atoms with Crippen molar-refractivity contribution in [3.8, 4) is 0 Å². The van der Waals surface area contributed by atoms with Crippen LogP contribution in [-0.4, -0.2) is 35.1 Å². The van der Waals surface area contributed by atoms with Crippen molar-refractivity contribution in [2.45, 2.75) is 19.5 Å². The van der Waals surface area contributed by atoms with Crippen molar-refractivity contribution in [3.05, 3.63) is 63.2 Å². The maximum atomic E-state index is 13.6. The van der Waals surface area contributed by atoms with Gasteiger partial charge in [0.15, 0.2) is 0 Å². The maximum Gasteiger partial charge on any atom is 0.257 e. The van der Waals surface area contributed by atoms with E-state index in [1.807, 2.05) is 6.92 Å². The molecule has 1 saturated heterocycles. The Hall–Kier alpha value is -2.93. The van der Waals surface area contributed by atoms with E-state index in [0.717, 1.165) is 10.9 Å². The summed E-state index contributed by atoms with van der Waals surface area (Å²) in [5.41, 5.74) is 2.82. The van der Waals surface area contributed by atoms with Crippen LogP contribution in [0.25, 0.3) is 10.9 Å². The number of nitrogens with one attached hydrogen (secondary N) is 2. The number of nitrogens with zero attached hydrogens (tertiary/aromatic N) is 2. The van der Waals surface area contributed by atoms with E-state index in [0.29, 0.717) is 35.4 Å². The molecular formula is C20H18ClFN4O2. The number of H-pyrrole nitrogens is 1. The smallest absolute Gasteiger partial charge is 0.257 e. The van der Waals surface area contributed by atoms with Crippen molar-refractivity contribution in [3.63, 3.8) is 0 Å². The summed E-state index contributed by atoms with van der Waals surface area (Å²) in [5, 5.41) is 3.89. The fourth-order valence-corrected chi connectivity index (χ4v) is 3.65. The van der Waals surface area contributed by atoms with Crippen molar-refractivity contribution in [1.29, 1.82) is 0 Å². The standard InChI is InChI=1S/C20H18ClFN4O2/c1-11-6-19(27)25-16-3-2-13(7-14(11)16)24-20(28)15-8-18(21)23-9-17(15)26-5-4-12(22)10-26/h2-3,6-9,12H,4-5,10H2,1H3,(H,24,28)(H,25,27). The van der Waals surface area contributed by atoms with E-state index in [-0.39, 0.29) is 23.2 Å². The number of carbonyl (C=O) groups excluding carboxylic acids is 1. The molecule has 2 N–H and O–H groups in total. The number of fused-ring (bicyclic) bond motifs is 1. The highest BCUT2D eigenvalue weighted by molar-refractivity contribution is 6.30. The van der Waals surface area contributed by atoms with Crippen LogP contribution >= 0.6 is 11.6 Å². The lowest BCUT2D eigenvalue weighted by atomic mass is 10.1. The molecule has 0 radical (unpaired) electrons. The van der Waals surface area contributed by atoms with E-state index in [1.54, 1.807) is 23.1 Å². The molecule has 1 unspecified atom stereocenters. The molecule has 0 aliphatic carbocycles. The Balaban J connectivity index is 1.66. The van der Waals surface area contributed by atoms with Gasteiger partial charge >= 0.3 is 0 Å².